The summed E-state index contributed by atoms with van der Waals surface area (Å²) in [5.74, 6) is 1.56. The number of methoxy groups -OCH3 is 1. The van der Waals surface area contributed by atoms with Crippen LogP contribution in [0.1, 0.15) is 29.8 Å². The van der Waals surface area contributed by atoms with E-state index in [1.807, 2.05) is 78.9 Å². The number of rotatable bonds is 10. The lowest BCUT2D eigenvalue weighted by molar-refractivity contribution is 0.104. The molecule has 0 heterocycles. The van der Waals surface area contributed by atoms with Crippen molar-refractivity contribution in [2.45, 2.75) is 13.8 Å². The molecule has 0 spiro atoms. The van der Waals surface area contributed by atoms with E-state index in [1.165, 1.54) is 0 Å². The largest absolute Gasteiger partial charge is 0.497 e. The summed E-state index contributed by atoms with van der Waals surface area (Å²) in [6.07, 6.45) is 0. The lowest BCUT2D eigenvalue weighted by atomic mass is 9.89. The molecule has 174 valence electrons. The van der Waals surface area contributed by atoms with Gasteiger partial charge in [0.2, 0.25) is 0 Å². The maximum atomic E-state index is 13.8. The van der Waals surface area contributed by atoms with Gasteiger partial charge in [-0.25, -0.2) is 0 Å². The van der Waals surface area contributed by atoms with E-state index in [9.17, 15) is 4.79 Å². The highest BCUT2D eigenvalue weighted by Crippen LogP contribution is 2.33. The Morgan fingerprint density at radius 3 is 2.15 bits per heavy atom. The van der Waals surface area contributed by atoms with Crippen LogP contribution in [0.5, 0.6) is 11.5 Å². The van der Waals surface area contributed by atoms with Gasteiger partial charge in [0.25, 0.3) is 0 Å². The number of likely N-dealkylation sites (N-methyl/N-ethyl adjacent to an activating group) is 1. The van der Waals surface area contributed by atoms with Crippen molar-refractivity contribution in [3.05, 3.63) is 96.1 Å². The number of ketones is 1. The third kappa shape index (κ3) is 5.13. The zero-order valence-electron chi connectivity index (χ0n) is 20.1. The van der Waals surface area contributed by atoms with Crippen molar-refractivity contribution in [2.24, 2.45) is 0 Å². The van der Waals surface area contributed by atoms with Gasteiger partial charge >= 0.3 is 0 Å². The Labute approximate surface area is 201 Å². The maximum Gasteiger partial charge on any atom is 0.194 e. The highest BCUT2D eigenvalue weighted by Gasteiger charge is 2.18. The fourth-order valence-corrected chi connectivity index (χ4v) is 4.21. The Morgan fingerprint density at radius 1 is 0.794 bits per heavy atom. The Bertz CT molecular complexity index is 1240. The van der Waals surface area contributed by atoms with Crippen LogP contribution in [0.25, 0.3) is 21.9 Å². The molecule has 0 unspecified atom stereocenters. The van der Waals surface area contributed by atoms with Crippen molar-refractivity contribution in [3.8, 4) is 22.6 Å². The first-order valence-corrected chi connectivity index (χ1v) is 11.8. The average Bonchev–Trinajstić information content (AvgIpc) is 2.90. The van der Waals surface area contributed by atoms with Crippen LogP contribution in [0.15, 0.2) is 84.9 Å². The van der Waals surface area contributed by atoms with E-state index in [4.69, 9.17) is 9.47 Å². The average molecular weight is 454 g/mol. The molecule has 0 N–H and O–H groups in total. The number of hydrogen-bond donors (Lipinski definition) is 0. The van der Waals surface area contributed by atoms with E-state index in [-0.39, 0.29) is 5.78 Å². The first-order valence-electron chi connectivity index (χ1n) is 11.8. The van der Waals surface area contributed by atoms with Gasteiger partial charge in [0.1, 0.15) is 18.1 Å². The third-order valence-electron chi connectivity index (χ3n) is 6.24. The fraction of sp³-hybridized carbons (Fsp3) is 0.233. The Kier molecular flexibility index (Phi) is 7.61. The minimum atomic E-state index is -0.00249. The monoisotopic (exact) mass is 453 g/mol. The number of carbonyl (C=O) groups is 1. The van der Waals surface area contributed by atoms with Gasteiger partial charge in [0.15, 0.2) is 5.78 Å². The van der Waals surface area contributed by atoms with Gasteiger partial charge in [-0.1, -0.05) is 62.4 Å². The highest BCUT2D eigenvalue weighted by atomic mass is 16.5. The molecule has 4 aromatic carbocycles. The molecule has 4 aromatic rings. The molecular formula is C30H31NO3. The van der Waals surface area contributed by atoms with Crippen molar-refractivity contribution in [2.75, 3.05) is 33.4 Å². The van der Waals surface area contributed by atoms with E-state index in [0.717, 1.165) is 53.0 Å². The van der Waals surface area contributed by atoms with Crippen LogP contribution in [-0.4, -0.2) is 44.0 Å². The summed E-state index contributed by atoms with van der Waals surface area (Å²) < 4.78 is 11.2. The van der Waals surface area contributed by atoms with Gasteiger partial charge in [0, 0.05) is 17.7 Å². The van der Waals surface area contributed by atoms with E-state index < -0.39 is 0 Å². The minimum Gasteiger partial charge on any atom is -0.497 e. The quantitative estimate of drug-likeness (QED) is 0.258. The summed E-state index contributed by atoms with van der Waals surface area (Å²) in [4.78, 5) is 16.1. The topological polar surface area (TPSA) is 38.8 Å². The molecule has 0 aromatic heterocycles. The summed E-state index contributed by atoms with van der Waals surface area (Å²) in [7, 11) is 1.65. The lowest BCUT2D eigenvalue weighted by Crippen LogP contribution is -2.27. The lowest BCUT2D eigenvalue weighted by Gasteiger charge is -2.18. The normalized spacial score (nSPS) is 11.1. The van der Waals surface area contributed by atoms with Crippen LogP contribution in [0, 0.1) is 0 Å². The number of carbonyl (C=O) groups excluding carboxylic acids is 1. The van der Waals surface area contributed by atoms with Crippen LogP contribution in [-0.2, 0) is 0 Å². The van der Waals surface area contributed by atoms with Crippen molar-refractivity contribution >= 4 is 16.6 Å². The SMILES string of the molecule is CCN(CC)CCOc1ccc(C(=O)c2c(-c3ccc(OC)cc3)ccc3ccccc23)cc1. The molecule has 0 saturated carbocycles. The molecule has 4 heteroatoms. The summed E-state index contributed by atoms with van der Waals surface area (Å²) in [6, 6.07) is 27.4. The molecule has 4 rings (SSSR count). The van der Waals surface area contributed by atoms with Gasteiger partial charge in [0.05, 0.1) is 7.11 Å². The van der Waals surface area contributed by atoms with Crippen LogP contribution >= 0.6 is 0 Å². The summed E-state index contributed by atoms with van der Waals surface area (Å²) >= 11 is 0. The number of ether oxygens (including phenoxy) is 2. The molecule has 0 aliphatic rings. The number of hydrogen-bond acceptors (Lipinski definition) is 4. The van der Waals surface area contributed by atoms with E-state index in [2.05, 4.69) is 24.8 Å². The van der Waals surface area contributed by atoms with Crippen LogP contribution in [0.3, 0.4) is 0 Å². The predicted octanol–water partition coefficient (Wildman–Crippen LogP) is 6.47. The van der Waals surface area contributed by atoms with Gasteiger partial charge in [-0.05, 0) is 71.4 Å². The second-order valence-electron chi connectivity index (χ2n) is 8.17. The van der Waals surface area contributed by atoms with Gasteiger partial charge in [-0.15, -0.1) is 0 Å². The molecule has 4 nitrogen and oxygen atoms in total. The summed E-state index contributed by atoms with van der Waals surface area (Å²) in [6.45, 7) is 7.83. The summed E-state index contributed by atoms with van der Waals surface area (Å²) in [5.41, 5.74) is 3.23. The zero-order valence-corrected chi connectivity index (χ0v) is 20.1. The highest BCUT2D eigenvalue weighted by molar-refractivity contribution is 6.20. The second kappa shape index (κ2) is 11.0. The van der Waals surface area contributed by atoms with E-state index in [1.54, 1.807) is 7.11 Å². The van der Waals surface area contributed by atoms with Crippen molar-refractivity contribution < 1.29 is 14.3 Å². The first-order chi connectivity index (χ1) is 16.6. The van der Waals surface area contributed by atoms with Gasteiger partial charge < -0.3 is 14.4 Å². The molecular weight excluding hydrogens is 422 g/mol. The van der Waals surface area contributed by atoms with E-state index >= 15 is 0 Å². The fourth-order valence-electron chi connectivity index (χ4n) is 4.21. The number of fused-ring (bicyclic) bond motifs is 1. The minimum absolute atomic E-state index is 0.00249. The molecule has 0 radical (unpaired) electrons. The summed E-state index contributed by atoms with van der Waals surface area (Å²) in [5, 5.41) is 1.99. The smallest absolute Gasteiger partial charge is 0.194 e. The molecule has 0 saturated heterocycles. The molecule has 0 fully saturated rings. The van der Waals surface area contributed by atoms with Gasteiger partial charge in [-0.2, -0.15) is 0 Å². The number of nitrogens with zero attached hydrogens (tertiary/aromatic N) is 1. The molecule has 34 heavy (non-hydrogen) atoms. The first kappa shape index (κ1) is 23.5. The zero-order chi connectivity index (χ0) is 23.9. The molecule has 0 bridgehead atoms. The Morgan fingerprint density at radius 2 is 1.47 bits per heavy atom. The van der Waals surface area contributed by atoms with Crippen molar-refractivity contribution in [3.63, 3.8) is 0 Å². The molecule has 0 amide bonds. The Hall–Kier alpha value is -3.63. The second-order valence-corrected chi connectivity index (χ2v) is 8.17. The molecule has 0 aliphatic heterocycles. The number of benzene rings is 4. The predicted molar refractivity (Wildman–Crippen MR) is 139 cm³/mol. The standard InChI is InChI=1S/C30H31NO3/c1-4-31(5-2)20-21-34-26-17-12-24(13-18-26)30(32)29-27-9-7-6-8-22(27)14-19-28(29)23-10-15-25(33-3)16-11-23/h6-19H,4-5,20-21H2,1-3H3. The van der Waals surface area contributed by atoms with E-state index in [0.29, 0.717) is 17.7 Å². The maximum absolute atomic E-state index is 13.8. The van der Waals surface area contributed by atoms with Crippen molar-refractivity contribution in [1.82, 2.24) is 4.90 Å². The van der Waals surface area contributed by atoms with Crippen molar-refractivity contribution in [1.29, 1.82) is 0 Å². The molecule has 0 atom stereocenters. The molecule has 0 aliphatic carbocycles. The Balaban J connectivity index is 1.65. The van der Waals surface area contributed by atoms with Crippen LogP contribution in [0.2, 0.25) is 0 Å². The van der Waals surface area contributed by atoms with Gasteiger partial charge in [-0.3, -0.25) is 4.79 Å². The third-order valence-corrected chi connectivity index (χ3v) is 6.24. The van der Waals surface area contributed by atoms with Crippen LogP contribution < -0.4 is 9.47 Å². The van der Waals surface area contributed by atoms with Crippen LogP contribution in [0.4, 0.5) is 0 Å².